The molecule has 0 aliphatic rings. The van der Waals surface area contributed by atoms with Crippen LogP contribution in [0.1, 0.15) is 17.5 Å². The molecule has 0 N–H and O–H groups in total. The molecule has 0 amide bonds. The highest BCUT2D eigenvalue weighted by Crippen LogP contribution is 2.36. The second-order valence-electron chi connectivity index (χ2n) is 3.23. The SMILES string of the molecule is O=[N+]([O-])c1cc(C#CCCBr)ccc1C(F)(F)F. The van der Waals surface area contributed by atoms with Crippen LogP contribution in [-0.2, 0) is 6.18 Å². The summed E-state index contributed by atoms with van der Waals surface area (Å²) in [4.78, 5) is 9.54. The molecule has 0 spiro atoms. The molecule has 18 heavy (non-hydrogen) atoms. The van der Waals surface area contributed by atoms with Crippen LogP contribution < -0.4 is 0 Å². The molecule has 0 radical (unpaired) electrons. The van der Waals surface area contributed by atoms with E-state index in [1.165, 1.54) is 0 Å². The summed E-state index contributed by atoms with van der Waals surface area (Å²) in [7, 11) is 0. The lowest BCUT2D eigenvalue weighted by Crippen LogP contribution is -2.08. The smallest absolute Gasteiger partial charge is 0.258 e. The zero-order valence-electron chi connectivity index (χ0n) is 8.92. The second-order valence-corrected chi connectivity index (χ2v) is 4.02. The third-order valence-corrected chi connectivity index (χ3v) is 2.35. The standard InChI is InChI=1S/C11H7BrF3NO2/c12-6-2-1-3-8-4-5-9(11(13,14)15)10(7-8)16(17)18/h4-5,7H,2,6H2. The Morgan fingerprint density at radius 1 is 1.39 bits per heavy atom. The van der Waals surface area contributed by atoms with Crippen LogP contribution >= 0.6 is 15.9 Å². The van der Waals surface area contributed by atoms with Crippen molar-refractivity contribution in [2.45, 2.75) is 12.6 Å². The van der Waals surface area contributed by atoms with Crippen LogP contribution in [0.25, 0.3) is 0 Å². The van der Waals surface area contributed by atoms with Crippen molar-refractivity contribution in [2.75, 3.05) is 5.33 Å². The maximum absolute atomic E-state index is 12.5. The summed E-state index contributed by atoms with van der Waals surface area (Å²) < 4.78 is 37.5. The van der Waals surface area contributed by atoms with Crippen LogP contribution in [0.4, 0.5) is 18.9 Å². The van der Waals surface area contributed by atoms with Gasteiger partial charge in [0.2, 0.25) is 0 Å². The monoisotopic (exact) mass is 321 g/mol. The first kappa shape index (κ1) is 14.5. The Kier molecular flexibility index (Phi) is 4.73. The molecule has 0 heterocycles. The molecule has 0 aromatic heterocycles. The van der Waals surface area contributed by atoms with Crippen molar-refractivity contribution in [3.63, 3.8) is 0 Å². The molecule has 1 aromatic rings. The lowest BCUT2D eigenvalue weighted by Gasteiger charge is -2.07. The first-order valence-corrected chi connectivity index (χ1v) is 5.89. The highest BCUT2D eigenvalue weighted by Gasteiger charge is 2.38. The molecule has 0 saturated heterocycles. The molecule has 0 aliphatic carbocycles. The Morgan fingerprint density at radius 3 is 2.56 bits per heavy atom. The van der Waals surface area contributed by atoms with Gasteiger partial charge in [0.15, 0.2) is 0 Å². The van der Waals surface area contributed by atoms with E-state index in [1.807, 2.05) is 0 Å². The topological polar surface area (TPSA) is 43.1 Å². The van der Waals surface area contributed by atoms with Crippen molar-refractivity contribution in [3.05, 3.63) is 39.4 Å². The van der Waals surface area contributed by atoms with E-state index < -0.39 is 22.4 Å². The van der Waals surface area contributed by atoms with Gasteiger partial charge >= 0.3 is 6.18 Å². The third kappa shape index (κ3) is 3.74. The van der Waals surface area contributed by atoms with Gasteiger partial charge < -0.3 is 0 Å². The number of nitro groups is 1. The van der Waals surface area contributed by atoms with Gasteiger partial charge in [-0.2, -0.15) is 13.2 Å². The molecule has 0 atom stereocenters. The van der Waals surface area contributed by atoms with Crippen molar-refractivity contribution >= 4 is 21.6 Å². The molecule has 96 valence electrons. The van der Waals surface area contributed by atoms with Crippen molar-refractivity contribution in [1.82, 2.24) is 0 Å². The molecular formula is C11H7BrF3NO2. The van der Waals surface area contributed by atoms with Gasteiger partial charge in [-0.1, -0.05) is 27.8 Å². The zero-order chi connectivity index (χ0) is 13.8. The molecule has 0 saturated carbocycles. The predicted molar refractivity (Wildman–Crippen MR) is 63.4 cm³/mol. The van der Waals surface area contributed by atoms with E-state index in [1.54, 1.807) is 0 Å². The van der Waals surface area contributed by atoms with Gasteiger partial charge in [0.05, 0.1) is 4.92 Å². The number of hydrogen-bond acceptors (Lipinski definition) is 2. The normalized spacial score (nSPS) is 10.7. The van der Waals surface area contributed by atoms with Crippen LogP contribution in [-0.4, -0.2) is 10.3 Å². The number of benzene rings is 1. The summed E-state index contributed by atoms with van der Waals surface area (Å²) in [5.74, 6) is 5.24. The summed E-state index contributed by atoms with van der Waals surface area (Å²) in [5, 5.41) is 11.2. The van der Waals surface area contributed by atoms with Crippen molar-refractivity contribution in [2.24, 2.45) is 0 Å². The minimum atomic E-state index is -4.75. The van der Waals surface area contributed by atoms with Crippen molar-refractivity contribution < 1.29 is 18.1 Å². The number of nitrogens with zero attached hydrogens (tertiary/aromatic N) is 1. The summed E-state index contributed by atoms with van der Waals surface area (Å²) >= 11 is 3.14. The average molecular weight is 322 g/mol. The fourth-order valence-corrected chi connectivity index (χ4v) is 1.41. The van der Waals surface area contributed by atoms with E-state index in [-0.39, 0.29) is 5.56 Å². The molecule has 3 nitrogen and oxygen atoms in total. The van der Waals surface area contributed by atoms with Crippen LogP contribution in [0.5, 0.6) is 0 Å². The minimum absolute atomic E-state index is 0.190. The first-order valence-electron chi connectivity index (χ1n) is 4.76. The van der Waals surface area contributed by atoms with Gasteiger partial charge in [-0.25, -0.2) is 0 Å². The maximum atomic E-state index is 12.5. The zero-order valence-corrected chi connectivity index (χ0v) is 10.5. The van der Waals surface area contributed by atoms with Crippen LogP contribution in [0.3, 0.4) is 0 Å². The maximum Gasteiger partial charge on any atom is 0.422 e. The average Bonchev–Trinajstić information content (AvgIpc) is 2.27. The van der Waals surface area contributed by atoms with E-state index in [0.717, 1.165) is 12.1 Å². The van der Waals surface area contributed by atoms with E-state index in [9.17, 15) is 23.3 Å². The summed E-state index contributed by atoms with van der Waals surface area (Å²) in [6.07, 6.45) is -4.24. The Bertz CT molecular complexity index is 517. The number of rotatable bonds is 2. The largest absolute Gasteiger partial charge is 0.422 e. The Balaban J connectivity index is 3.21. The highest BCUT2D eigenvalue weighted by atomic mass is 79.9. The van der Waals surface area contributed by atoms with E-state index >= 15 is 0 Å². The molecule has 0 unspecified atom stereocenters. The molecular weight excluding hydrogens is 315 g/mol. The number of alkyl halides is 4. The number of halogens is 4. The van der Waals surface area contributed by atoms with Gasteiger partial charge in [-0.05, 0) is 12.1 Å². The third-order valence-electron chi connectivity index (χ3n) is 1.95. The van der Waals surface area contributed by atoms with Gasteiger partial charge in [-0.15, -0.1) is 0 Å². The summed E-state index contributed by atoms with van der Waals surface area (Å²) in [6, 6.07) is 2.64. The van der Waals surface area contributed by atoms with Gasteiger partial charge in [0, 0.05) is 23.4 Å². The van der Waals surface area contributed by atoms with Gasteiger partial charge in [0.1, 0.15) is 5.56 Å². The van der Waals surface area contributed by atoms with Crippen LogP contribution in [0.15, 0.2) is 18.2 Å². The van der Waals surface area contributed by atoms with E-state index in [4.69, 9.17) is 0 Å². The fourth-order valence-electron chi connectivity index (χ4n) is 1.21. The molecule has 0 bridgehead atoms. The number of nitro benzene ring substituents is 1. The fraction of sp³-hybridized carbons (Fsp3) is 0.273. The Morgan fingerprint density at radius 2 is 2.06 bits per heavy atom. The second kappa shape index (κ2) is 5.87. The summed E-state index contributed by atoms with van der Waals surface area (Å²) in [6.45, 7) is 0. The molecule has 1 aromatic carbocycles. The van der Waals surface area contributed by atoms with Crippen molar-refractivity contribution in [1.29, 1.82) is 0 Å². The van der Waals surface area contributed by atoms with Gasteiger partial charge in [-0.3, -0.25) is 10.1 Å². The van der Waals surface area contributed by atoms with Crippen LogP contribution in [0, 0.1) is 22.0 Å². The van der Waals surface area contributed by atoms with Crippen LogP contribution in [0.2, 0.25) is 0 Å². The van der Waals surface area contributed by atoms with E-state index in [2.05, 4.69) is 27.8 Å². The molecule has 0 aliphatic heterocycles. The summed E-state index contributed by atoms with van der Waals surface area (Å²) in [5.41, 5.74) is -2.05. The Hall–Kier alpha value is -1.55. The number of hydrogen-bond donors (Lipinski definition) is 0. The highest BCUT2D eigenvalue weighted by molar-refractivity contribution is 9.09. The molecule has 7 heteroatoms. The van der Waals surface area contributed by atoms with E-state index in [0.29, 0.717) is 17.8 Å². The Labute approximate surface area is 109 Å². The lowest BCUT2D eigenvalue weighted by molar-refractivity contribution is -0.388. The quantitative estimate of drug-likeness (QED) is 0.360. The molecule has 1 rings (SSSR count). The first-order chi connectivity index (χ1) is 8.36. The lowest BCUT2D eigenvalue weighted by atomic mass is 10.1. The van der Waals surface area contributed by atoms with Crippen molar-refractivity contribution in [3.8, 4) is 11.8 Å². The predicted octanol–water partition coefficient (Wildman–Crippen LogP) is 3.75. The minimum Gasteiger partial charge on any atom is -0.258 e. The van der Waals surface area contributed by atoms with Gasteiger partial charge in [0.25, 0.3) is 5.69 Å². The molecule has 0 fully saturated rings.